The zero-order chi connectivity index (χ0) is 16.4. The van der Waals surface area contributed by atoms with Crippen LogP contribution in [-0.2, 0) is 11.2 Å². The van der Waals surface area contributed by atoms with Crippen molar-refractivity contribution in [1.82, 2.24) is 4.90 Å². The van der Waals surface area contributed by atoms with Crippen LogP contribution >= 0.6 is 11.3 Å². The Balaban J connectivity index is 1.86. The molecule has 0 radical (unpaired) electrons. The van der Waals surface area contributed by atoms with Gasteiger partial charge >= 0.3 is 5.97 Å². The molecule has 2 atom stereocenters. The summed E-state index contributed by atoms with van der Waals surface area (Å²) in [6.45, 7) is 2.76. The molecule has 120 valence electrons. The number of thiophene rings is 1. The predicted octanol–water partition coefficient (Wildman–Crippen LogP) is 3.25. The lowest BCUT2D eigenvalue weighted by Crippen LogP contribution is -2.29. The molecule has 0 saturated carbocycles. The number of amides is 1. The van der Waals surface area contributed by atoms with Gasteiger partial charge in [0, 0.05) is 19.0 Å². The summed E-state index contributed by atoms with van der Waals surface area (Å²) < 4.78 is 0. The van der Waals surface area contributed by atoms with E-state index in [2.05, 4.69) is 0 Å². The fourth-order valence-electron chi connectivity index (χ4n) is 3.20. The standard InChI is InChI=1S/C18H19NO3S/c1-2-12-8-9-23-16(12)17(20)19-10-14(15(11-19)18(21)22)13-6-4-3-5-7-13/h3-9,14-15H,2,10-11H2,1H3,(H,21,22). The van der Waals surface area contributed by atoms with E-state index in [-0.39, 0.29) is 18.4 Å². The predicted molar refractivity (Wildman–Crippen MR) is 89.9 cm³/mol. The smallest absolute Gasteiger partial charge is 0.308 e. The number of likely N-dealkylation sites (tertiary alicyclic amines) is 1. The Hall–Kier alpha value is -2.14. The molecule has 5 heteroatoms. The van der Waals surface area contributed by atoms with Crippen molar-refractivity contribution in [3.8, 4) is 0 Å². The summed E-state index contributed by atoms with van der Waals surface area (Å²) in [7, 11) is 0. The van der Waals surface area contributed by atoms with Crippen LogP contribution in [0.4, 0.5) is 0 Å². The second kappa shape index (κ2) is 6.54. The van der Waals surface area contributed by atoms with Crippen LogP contribution in [0, 0.1) is 5.92 Å². The summed E-state index contributed by atoms with van der Waals surface area (Å²) in [6.07, 6.45) is 0.808. The molecule has 4 nitrogen and oxygen atoms in total. The quantitative estimate of drug-likeness (QED) is 0.937. The number of carbonyl (C=O) groups is 2. The minimum absolute atomic E-state index is 0.0402. The maximum Gasteiger partial charge on any atom is 0.308 e. The number of benzene rings is 1. The summed E-state index contributed by atoms with van der Waals surface area (Å²) in [4.78, 5) is 26.8. The number of carboxylic acids is 1. The van der Waals surface area contributed by atoms with Gasteiger partial charge < -0.3 is 10.0 Å². The summed E-state index contributed by atoms with van der Waals surface area (Å²) in [6, 6.07) is 11.6. The monoisotopic (exact) mass is 329 g/mol. The first-order valence-corrected chi connectivity index (χ1v) is 8.63. The number of hydrogen-bond donors (Lipinski definition) is 1. The van der Waals surface area contributed by atoms with Crippen molar-refractivity contribution in [2.45, 2.75) is 19.3 Å². The van der Waals surface area contributed by atoms with Gasteiger partial charge in [0.2, 0.25) is 0 Å². The van der Waals surface area contributed by atoms with Gasteiger partial charge in [-0.25, -0.2) is 0 Å². The van der Waals surface area contributed by atoms with Crippen LogP contribution in [0.3, 0.4) is 0 Å². The van der Waals surface area contributed by atoms with Crippen LogP contribution in [0.2, 0.25) is 0 Å². The number of carbonyl (C=O) groups excluding carboxylic acids is 1. The van der Waals surface area contributed by atoms with Gasteiger partial charge in [0.25, 0.3) is 5.91 Å². The van der Waals surface area contributed by atoms with Crippen molar-refractivity contribution in [1.29, 1.82) is 0 Å². The highest BCUT2D eigenvalue weighted by atomic mass is 32.1. The van der Waals surface area contributed by atoms with E-state index in [1.807, 2.05) is 48.7 Å². The van der Waals surface area contributed by atoms with Crippen molar-refractivity contribution in [3.05, 3.63) is 57.8 Å². The molecular weight excluding hydrogens is 310 g/mol. The molecule has 1 saturated heterocycles. The minimum Gasteiger partial charge on any atom is -0.481 e. The molecule has 0 aliphatic carbocycles. The normalized spacial score (nSPS) is 20.7. The Morgan fingerprint density at radius 1 is 1.22 bits per heavy atom. The molecule has 2 heterocycles. The lowest BCUT2D eigenvalue weighted by molar-refractivity contribution is -0.141. The second-order valence-electron chi connectivity index (χ2n) is 5.80. The van der Waals surface area contributed by atoms with Gasteiger partial charge in [-0.2, -0.15) is 0 Å². The van der Waals surface area contributed by atoms with Gasteiger partial charge in [0.15, 0.2) is 0 Å². The molecule has 23 heavy (non-hydrogen) atoms. The van der Waals surface area contributed by atoms with Gasteiger partial charge in [-0.3, -0.25) is 9.59 Å². The third-order valence-electron chi connectivity index (χ3n) is 4.47. The molecule has 1 aromatic heterocycles. The first-order valence-electron chi connectivity index (χ1n) is 7.75. The van der Waals surface area contributed by atoms with Gasteiger partial charge in [-0.1, -0.05) is 37.3 Å². The maximum atomic E-state index is 12.8. The van der Waals surface area contributed by atoms with E-state index >= 15 is 0 Å². The first-order chi connectivity index (χ1) is 11.1. The van der Waals surface area contributed by atoms with Crippen molar-refractivity contribution in [3.63, 3.8) is 0 Å². The van der Waals surface area contributed by atoms with E-state index in [1.54, 1.807) is 4.90 Å². The van der Waals surface area contributed by atoms with Crippen LogP contribution in [-0.4, -0.2) is 35.0 Å². The van der Waals surface area contributed by atoms with Crippen molar-refractivity contribution in [2.75, 3.05) is 13.1 Å². The number of nitrogens with zero attached hydrogens (tertiary/aromatic N) is 1. The molecule has 2 unspecified atom stereocenters. The van der Waals surface area contributed by atoms with Crippen molar-refractivity contribution < 1.29 is 14.7 Å². The van der Waals surface area contributed by atoms with Crippen molar-refractivity contribution in [2.24, 2.45) is 5.92 Å². The average Bonchev–Trinajstić information content (AvgIpc) is 3.22. The van der Waals surface area contributed by atoms with E-state index in [0.29, 0.717) is 6.54 Å². The molecule has 1 N–H and O–H groups in total. The molecule has 0 spiro atoms. The van der Waals surface area contributed by atoms with E-state index in [9.17, 15) is 14.7 Å². The number of aliphatic carboxylic acids is 1. The summed E-state index contributed by atoms with van der Waals surface area (Å²) >= 11 is 1.44. The molecule has 1 aromatic carbocycles. The molecule has 1 aliphatic heterocycles. The highest BCUT2D eigenvalue weighted by molar-refractivity contribution is 7.12. The molecular formula is C18H19NO3S. The summed E-state index contributed by atoms with van der Waals surface area (Å²) in [5.41, 5.74) is 2.02. The Bertz CT molecular complexity index is 710. The van der Waals surface area contributed by atoms with E-state index in [0.717, 1.165) is 22.4 Å². The van der Waals surface area contributed by atoms with E-state index in [1.165, 1.54) is 11.3 Å². The minimum atomic E-state index is -0.837. The average molecular weight is 329 g/mol. The first kappa shape index (κ1) is 15.7. The Morgan fingerprint density at radius 3 is 2.61 bits per heavy atom. The highest BCUT2D eigenvalue weighted by Gasteiger charge is 2.41. The van der Waals surface area contributed by atoms with Crippen LogP contribution in [0.25, 0.3) is 0 Å². The van der Waals surface area contributed by atoms with E-state index in [4.69, 9.17) is 0 Å². The van der Waals surface area contributed by atoms with E-state index < -0.39 is 11.9 Å². The summed E-state index contributed by atoms with van der Waals surface area (Å²) in [5.74, 6) is -1.58. The Labute approximate surface area is 139 Å². The van der Waals surface area contributed by atoms with Crippen LogP contribution in [0.1, 0.15) is 33.6 Å². The number of aryl methyl sites for hydroxylation is 1. The fourth-order valence-corrected chi connectivity index (χ4v) is 4.17. The molecule has 0 bridgehead atoms. The second-order valence-corrected chi connectivity index (χ2v) is 6.72. The number of hydrogen-bond acceptors (Lipinski definition) is 3. The van der Waals surface area contributed by atoms with Gasteiger partial charge in [0.1, 0.15) is 0 Å². The third-order valence-corrected chi connectivity index (χ3v) is 5.42. The zero-order valence-electron chi connectivity index (χ0n) is 12.9. The van der Waals surface area contributed by atoms with Crippen LogP contribution < -0.4 is 0 Å². The number of carboxylic acid groups (broad SMARTS) is 1. The Morgan fingerprint density at radius 2 is 1.96 bits per heavy atom. The Kier molecular flexibility index (Phi) is 4.48. The molecule has 1 aliphatic rings. The largest absolute Gasteiger partial charge is 0.481 e. The fraction of sp³-hybridized carbons (Fsp3) is 0.333. The van der Waals surface area contributed by atoms with Gasteiger partial charge in [-0.15, -0.1) is 11.3 Å². The molecule has 3 rings (SSSR count). The maximum absolute atomic E-state index is 12.8. The molecule has 1 amide bonds. The summed E-state index contributed by atoms with van der Waals surface area (Å²) in [5, 5.41) is 11.5. The molecule has 2 aromatic rings. The highest BCUT2D eigenvalue weighted by Crippen LogP contribution is 2.34. The third kappa shape index (κ3) is 3.01. The topological polar surface area (TPSA) is 57.6 Å². The van der Waals surface area contributed by atoms with Gasteiger partial charge in [0.05, 0.1) is 10.8 Å². The van der Waals surface area contributed by atoms with Gasteiger partial charge in [-0.05, 0) is 29.0 Å². The zero-order valence-corrected chi connectivity index (χ0v) is 13.8. The SMILES string of the molecule is CCc1ccsc1C(=O)N1CC(C(=O)O)C(c2ccccc2)C1. The lowest BCUT2D eigenvalue weighted by atomic mass is 9.89. The lowest BCUT2D eigenvalue weighted by Gasteiger charge is -2.16. The number of rotatable bonds is 4. The van der Waals surface area contributed by atoms with Crippen LogP contribution in [0.15, 0.2) is 41.8 Å². The van der Waals surface area contributed by atoms with Crippen LogP contribution in [0.5, 0.6) is 0 Å². The molecule has 1 fully saturated rings. The van der Waals surface area contributed by atoms with Crippen molar-refractivity contribution >= 4 is 23.2 Å².